The maximum absolute atomic E-state index is 13.8. The van der Waals surface area contributed by atoms with Gasteiger partial charge in [0.05, 0.1) is 17.5 Å². The number of benzene rings is 2. The first-order valence-corrected chi connectivity index (χ1v) is 10.6. The zero-order valence-electron chi connectivity index (χ0n) is 18.1. The monoisotopic (exact) mass is 459 g/mol. The molecule has 0 saturated carbocycles. The summed E-state index contributed by atoms with van der Waals surface area (Å²) in [6, 6.07) is 10.6. The van der Waals surface area contributed by atoms with Crippen molar-refractivity contribution in [2.45, 2.75) is 44.7 Å². The van der Waals surface area contributed by atoms with Gasteiger partial charge >= 0.3 is 6.18 Å². The van der Waals surface area contributed by atoms with Gasteiger partial charge in [-0.1, -0.05) is 38.5 Å². The molecule has 2 heterocycles. The van der Waals surface area contributed by atoms with Gasteiger partial charge in [0.1, 0.15) is 0 Å². The summed E-state index contributed by atoms with van der Waals surface area (Å²) in [6.45, 7) is 4.07. The van der Waals surface area contributed by atoms with Crippen LogP contribution in [0.5, 0.6) is 0 Å². The van der Waals surface area contributed by atoms with Crippen molar-refractivity contribution in [1.29, 1.82) is 0 Å². The van der Waals surface area contributed by atoms with Crippen molar-refractivity contribution in [3.05, 3.63) is 89.4 Å². The minimum absolute atomic E-state index is 0.451. The third-order valence-corrected chi connectivity index (χ3v) is 5.92. The summed E-state index contributed by atoms with van der Waals surface area (Å²) < 4.78 is 67.7. The zero-order chi connectivity index (χ0) is 23.8. The van der Waals surface area contributed by atoms with Crippen molar-refractivity contribution in [3.63, 3.8) is 0 Å². The minimum Gasteiger partial charge on any atom is -0.236 e. The average Bonchev–Trinajstić information content (AvgIpc) is 3.20. The predicted octanol–water partition coefficient (Wildman–Crippen LogP) is 6.99. The highest BCUT2D eigenvalue weighted by molar-refractivity contribution is 5.77. The molecule has 0 saturated heterocycles. The molecule has 3 nitrogen and oxygen atoms in total. The van der Waals surface area contributed by atoms with E-state index in [4.69, 9.17) is 0 Å². The van der Waals surface area contributed by atoms with Crippen LogP contribution in [0.2, 0.25) is 0 Å². The molecule has 4 aromatic rings. The van der Waals surface area contributed by atoms with Crippen molar-refractivity contribution < 1.29 is 22.0 Å². The van der Waals surface area contributed by atoms with Gasteiger partial charge in [0, 0.05) is 17.2 Å². The van der Waals surface area contributed by atoms with Gasteiger partial charge < -0.3 is 0 Å². The Labute approximate surface area is 187 Å². The molecule has 1 atom stereocenters. The van der Waals surface area contributed by atoms with Crippen LogP contribution < -0.4 is 0 Å². The maximum Gasteiger partial charge on any atom is 0.416 e. The van der Waals surface area contributed by atoms with Gasteiger partial charge in [-0.05, 0) is 54.3 Å². The molecule has 1 unspecified atom stereocenters. The van der Waals surface area contributed by atoms with Gasteiger partial charge in [-0.25, -0.2) is 18.3 Å². The van der Waals surface area contributed by atoms with Gasteiger partial charge in [0.2, 0.25) is 0 Å². The molecule has 0 bridgehead atoms. The molecule has 0 aliphatic heterocycles. The highest BCUT2D eigenvalue weighted by Gasteiger charge is 2.31. The second-order valence-electron chi connectivity index (χ2n) is 8.43. The topological polar surface area (TPSA) is 30.2 Å². The molecule has 4 rings (SSSR count). The average molecular weight is 459 g/mol. The fraction of sp³-hybridized carbons (Fsp3) is 0.280. The van der Waals surface area contributed by atoms with Crippen LogP contribution >= 0.6 is 0 Å². The van der Waals surface area contributed by atoms with Crippen LogP contribution in [0.4, 0.5) is 22.0 Å². The van der Waals surface area contributed by atoms with Crippen LogP contribution in [0.1, 0.15) is 43.5 Å². The smallest absolute Gasteiger partial charge is 0.236 e. The first-order chi connectivity index (χ1) is 15.6. The lowest BCUT2D eigenvalue weighted by atomic mass is 9.76. The van der Waals surface area contributed by atoms with Crippen LogP contribution in [0, 0.1) is 11.6 Å². The lowest BCUT2D eigenvalue weighted by Gasteiger charge is -2.30. The molecule has 0 fully saturated rings. The maximum atomic E-state index is 13.8. The summed E-state index contributed by atoms with van der Waals surface area (Å²) in [6.07, 6.45) is 0.856. The number of halogens is 5. The third-order valence-electron chi connectivity index (χ3n) is 5.92. The number of rotatable bonds is 6. The van der Waals surface area contributed by atoms with E-state index >= 15 is 0 Å². The summed E-state index contributed by atoms with van der Waals surface area (Å²) in [5.41, 5.74) is 1.99. The Hall–Kier alpha value is -3.29. The molecule has 0 aliphatic carbocycles. The molecule has 0 radical (unpaired) electrons. The number of fused-ring (bicyclic) bond motifs is 1. The molecule has 172 valence electrons. The molecule has 0 spiro atoms. The summed E-state index contributed by atoms with van der Waals surface area (Å²) >= 11 is 0. The molecule has 0 N–H and O–H groups in total. The third kappa shape index (κ3) is 4.47. The van der Waals surface area contributed by atoms with Crippen molar-refractivity contribution in [2.75, 3.05) is 0 Å². The van der Waals surface area contributed by atoms with Crippen LogP contribution in [0.3, 0.4) is 0 Å². The van der Waals surface area contributed by atoms with Crippen molar-refractivity contribution in [3.8, 4) is 11.1 Å². The van der Waals surface area contributed by atoms with Crippen molar-refractivity contribution in [2.24, 2.45) is 0 Å². The Bertz CT molecular complexity index is 1280. The van der Waals surface area contributed by atoms with Gasteiger partial charge in [-0.3, -0.25) is 0 Å². The standard InChI is InChI=1S/C25H22F5N3/c1-3-11-24(2,14-16-4-9-20(26)21(27)13-16)22-10-12-31-23-19(15-32-33(22)23)17-5-7-18(8-6-17)25(28,29)30/h4-10,12-13,15H,3,11,14H2,1-2H3. The molecule has 33 heavy (non-hydrogen) atoms. The zero-order valence-corrected chi connectivity index (χ0v) is 18.1. The second-order valence-corrected chi connectivity index (χ2v) is 8.43. The fourth-order valence-corrected chi connectivity index (χ4v) is 4.35. The summed E-state index contributed by atoms with van der Waals surface area (Å²) in [5, 5.41) is 4.49. The Morgan fingerprint density at radius 2 is 1.67 bits per heavy atom. The van der Waals surface area contributed by atoms with E-state index in [1.807, 2.05) is 19.9 Å². The number of nitrogens with zero attached hydrogens (tertiary/aromatic N) is 3. The molecule has 0 aliphatic rings. The van der Waals surface area contributed by atoms with Crippen LogP contribution in [-0.4, -0.2) is 14.6 Å². The predicted molar refractivity (Wildman–Crippen MR) is 116 cm³/mol. The van der Waals surface area contributed by atoms with Gasteiger partial charge in [0.15, 0.2) is 17.3 Å². The fourth-order valence-electron chi connectivity index (χ4n) is 4.35. The normalized spacial score (nSPS) is 13.9. The first kappa shape index (κ1) is 22.9. The molecule has 0 amide bonds. The van der Waals surface area contributed by atoms with Gasteiger partial charge in [-0.2, -0.15) is 18.3 Å². The summed E-state index contributed by atoms with van der Waals surface area (Å²) in [5.74, 6) is -1.79. The quantitative estimate of drug-likeness (QED) is 0.291. The van der Waals surface area contributed by atoms with Crippen LogP contribution in [0.15, 0.2) is 60.9 Å². The Balaban J connectivity index is 1.77. The molecule has 8 heteroatoms. The summed E-state index contributed by atoms with van der Waals surface area (Å²) in [4.78, 5) is 4.42. The minimum atomic E-state index is -4.41. The highest BCUT2D eigenvalue weighted by atomic mass is 19.4. The lowest BCUT2D eigenvalue weighted by molar-refractivity contribution is -0.137. The van der Waals surface area contributed by atoms with E-state index in [0.29, 0.717) is 28.8 Å². The molecule has 2 aromatic carbocycles. The Morgan fingerprint density at radius 1 is 0.939 bits per heavy atom. The molecule has 2 aromatic heterocycles. The first-order valence-electron chi connectivity index (χ1n) is 10.6. The van der Waals surface area contributed by atoms with E-state index in [-0.39, 0.29) is 0 Å². The van der Waals surface area contributed by atoms with Gasteiger partial charge in [0.25, 0.3) is 0 Å². The number of alkyl halides is 3. The SMILES string of the molecule is CCCC(C)(Cc1ccc(F)c(F)c1)c1ccnc2c(-c3ccc(C(F)(F)F)cc3)cnn12. The van der Waals surface area contributed by atoms with E-state index in [1.165, 1.54) is 18.2 Å². The molecular weight excluding hydrogens is 437 g/mol. The number of hydrogen-bond acceptors (Lipinski definition) is 2. The van der Waals surface area contributed by atoms with E-state index < -0.39 is 28.8 Å². The van der Waals surface area contributed by atoms with Gasteiger partial charge in [-0.15, -0.1) is 0 Å². The number of hydrogen-bond donors (Lipinski definition) is 0. The highest BCUT2D eigenvalue weighted by Crippen LogP contribution is 2.36. The van der Waals surface area contributed by atoms with Crippen molar-refractivity contribution in [1.82, 2.24) is 14.6 Å². The van der Waals surface area contributed by atoms with E-state index in [2.05, 4.69) is 10.1 Å². The van der Waals surface area contributed by atoms with E-state index in [9.17, 15) is 22.0 Å². The Morgan fingerprint density at radius 3 is 2.30 bits per heavy atom. The largest absolute Gasteiger partial charge is 0.416 e. The van der Waals surface area contributed by atoms with E-state index in [1.54, 1.807) is 23.0 Å². The van der Waals surface area contributed by atoms with Crippen LogP contribution in [0.25, 0.3) is 16.8 Å². The summed E-state index contributed by atoms with van der Waals surface area (Å²) in [7, 11) is 0. The second kappa shape index (κ2) is 8.57. The van der Waals surface area contributed by atoms with Crippen molar-refractivity contribution >= 4 is 5.65 Å². The number of aromatic nitrogens is 3. The van der Waals surface area contributed by atoms with E-state index in [0.717, 1.165) is 36.7 Å². The Kier molecular flexibility index (Phi) is 5.95. The lowest BCUT2D eigenvalue weighted by Crippen LogP contribution is -2.28. The molecular formula is C25H22F5N3. The van der Waals surface area contributed by atoms with Crippen LogP contribution in [-0.2, 0) is 18.0 Å².